The number of thiophene rings is 1. The summed E-state index contributed by atoms with van der Waals surface area (Å²) in [6.07, 6.45) is 0. The normalized spacial score (nSPS) is 11.6. The number of para-hydroxylation sites is 1. The summed E-state index contributed by atoms with van der Waals surface area (Å²) in [5.74, 6) is 0.708. The minimum absolute atomic E-state index is 0.708. The average molecular weight is 580 g/mol. The first-order valence-electron chi connectivity index (χ1n) is 14.8. The molecule has 0 aliphatic carbocycles. The zero-order chi connectivity index (χ0) is 29.0. The van der Waals surface area contributed by atoms with Crippen LogP contribution in [0.15, 0.2) is 152 Å². The van der Waals surface area contributed by atoms with Crippen LogP contribution in [0.3, 0.4) is 0 Å². The minimum Gasteiger partial charge on any atom is -0.304 e. The standard InChI is InChI=1S/C40H25N3S/c1-4-14-26(15-5-1)35-38(36(27-16-6-2-7-17-27)42-40(41-35)28-18-8-3-9-19-28)43-33-22-12-10-20-29(33)31-24-25-32-30-21-11-13-23-34(30)44-39(32)37(31)43/h1-25H. The first-order valence-corrected chi connectivity index (χ1v) is 15.6. The molecule has 0 spiro atoms. The summed E-state index contributed by atoms with van der Waals surface area (Å²) in [5.41, 5.74) is 8.20. The zero-order valence-corrected chi connectivity index (χ0v) is 24.5. The molecule has 0 fully saturated rings. The van der Waals surface area contributed by atoms with Gasteiger partial charge in [-0.15, -0.1) is 11.3 Å². The highest BCUT2D eigenvalue weighted by atomic mass is 32.1. The molecule has 44 heavy (non-hydrogen) atoms. The first-order chi connectivity index (χ1) is 21.8. The number of rotatable bonds is 4. The van der Waals surface area contributed by atoms with Crippen LogP contribution >= 0.6 is 11.3 Å². The first kappa shape index (κ1) is 25.0. The van der Waals surface area contributed by atoms with Crippen molar-refractivity contribution in [2.45, 2.75) is 0 Å². The molecule has 0 radical (unpaired) electrons. The molecule has 0 atom stereocenters. The highest BCUT2D eigenvalue weighted by molar-refractivity contribution is 7.26. The van der Waals surface area contributed by atoms with Crippen LogP contribution in [0.2, 0.25) is 0 Å². The van der Waals surface area contributed by atoms with Crippen LogP contribution in [-0.4, -0.2) is 14.5 Å². The third-order valence-corrected chi connectivity index (χ3v) is 9.61. The Morgan fingerprint density at radius 2 is 0.955 bits per heavy atom. The lowest BCUT2D eigenvalue weighted by Crippen LogP contribution is -2.06. The van der Waals surface area contributed by atoms with Crippen molar-refractivity contribution in [1.29, 1.82) is 0 Å². The second kappa shape index (κ2) is 10.0. The molecule has 0 amide bonds. The van der Waals surface area contributed by atoms with Gasteiger partial charge in [-0.3, -0.25) is 0 Å². The fourth-order valence-corrected chi connectivity index (χ4v) is 7.68. The maximum atomic E-state index is 5.36. The Morgan fingerprint density at radius 1 is 0.432 bits per heavy atom. The van der Waals surface area contributed by atoms with Crippen molar-refractivity contribution in [3.8, 4) is 39.6 Å². The highest BCUT2D eigenvalue weighted by Crippen LogP contribution is 2.45. The van der Waals surface area contributed by atoms with Gasteiger partial charge in [0.05, 0.1) is 32.8 Å². The molecule has 0 aliphatic heterocycles. The maximum Gasteiger partial charge on any atom is 0.160 e. The van der Waals surface area contributed by atoms with E-state index in [9.17, 15) is 0 Å². The number of fused-ring (bicyclic) bond motifs is 7. The Labute approximate surface area is 258 Å². The highest BCUT2D eigenvalue weighted by Gasteiger charge is 2.25. The predicted molar refractivity (Wildman–Crippen MR) is 186 cm³/mol. The number of nitrogens with zero attached hydrogens (tertiary/aromatic N) is 3. The third-order valence-electron chi connectivity index (χ3n) is 8.41. The molecule has 9 rings (SSSR count). The molecule has 0 saturated carbocycles. The summed E-state index contributed by atoms with van der Waals surface area (Å²) in [4.78, 5) is 10.7. The molecule has 3 aromatic heterocycles. The number of aromatic nitrogens is 3. The molecule has 0 bridgehead atoms. The fourth-order valence-electron chi connectivity index (χ4n) is 6.44. The van der Waals surface area contributed by atoms with E-state index in [1.807, 2.05) is 29.5 Å². The molecule has 0 unspecified atom stereocenters. The molecule has 3 heterocycles. The quantitative estimate of drug-likeness (QED) is 0.208. The van der Waals surface area contributed by atoms with Crippen LogP contribution < -0.4 is 0 Å². The largest absolute Gasteiger partial charge is 0.304 e. The second-order valence-corrected chi connectivity index (χ2v) is 12.0. The summed E-state index contributed by atoms with van der Waals surface area (Å²) in [6.45, 7) is 0. The Morgan fingerprint density at radius 3 is 1.61 bits per heavy atom. The minimum atomic E-state index is 0.708. The molecule has 0 aliphatic rings. The van der Waals surface area contributed by atoms with E-state index in [4.69, 9.17) is 9.97 Å². The summed E-state index contributed by atoms with van der Waals surface area (Å²) in [6, 6.07) is 53.4. The van der Waals surface area contributed by atoms with Crippen molar-refractivity contribution in [1.82, 2.24) is 14.5 Å². The molecule has 3 nitrogen and oxygen atoms in total. The van der Waals surface area contributed by atoms with E-state index in [-0.39, 0.29) is 0 Å². The molecular formula is C40H25N3S. The van der Waals surface area contributed by atoms with E-state index in [0.29, 0.717) is 5.82 Å². The summed E-state index contributed by atoms with van der Waals surface area (Å²) in [5, 5.41) is 5.00. The van der Waals surface area contributed by atoms with Crippen molar-refractivity contribution in [2.75, 3.05) is 0 Å². The van der Waals surface area contributed by atoms with Gasteiger partial charge in [0.2, 0.25) is 0 Å². The lowest BCUT2D eigenvalue weighted by Gasteiger charge is -2.19. The average Bonchev–Trinajstić information content (AvgIpc) is 3.65. The van der Waals surface area contributed by atoms with E-state index < -0.39 is 0 Å². The molecule has 206 valence electrons. The molecule has 0 saturated heterocycles. The van der Waals surface area contributed by atoms with Gasteiger partial charge >= 0.3 is 0 Å². The van der Waals surface area contributed by atoms with Gasteiger partial charge in [-0.25, -0.2) is 9.97 Å². The smallest absolute Gasteiger partial charge is 0.160 e. The van der Waals surface area contributed by atoms with Gasteiger partial charge in [0, 0.05) is 42.9 Å². The van der Waals surface area contributed by atoms with Crippen molar-refractivity contribution < 1.29 is 0 Å². The van der Waals surface area contributed by atoms with E-state index >= 15 is 0 Å². The molecular weight excluding hydrogens is 555 g/mol. The van der Waals surface area contributed by atoms with Crippen molar-refractivity contribution >= 4 is 53.3 Å². The lowest BCUT2D eigenvalue weighted by molar-refractivity contribution is 1.09. The van der Waals surface area contributed by atoms with Gasteiger partial charge < -0.3 is 4.57 Å². The van der Waals surface area contributed by atoms with E-state index in [0.717, 1.165) is 39.3 Å². The maximum absolute atomic E-state index is 5.36. The number of hydrogen-bond donors (Lipinski definition) is 0. The predicted octanol–water partition coefficient (Wildman–Crippen LogP) is 10.9. The van der Waals surface area contributed by atoms with Crippen molar-refractivity contribution in [3.05, 3.63) is 152 Å². The Kier molecular flexibility index (Phi) is 5.68. The van der Waals surface area contributed by atoms with Crippen molar-refractivity contribution in [2.24, 2.45) is 0 Å². The Balaban J connectivity index is 1.52. The van der Waals surface area contributed by atoms with Crippen LogP contribution in [0.4, 0.5) is 0 Å². The van der Waals surface area contributed by atoms with Gasteiger partial charge in [0.25, 0.3) is 0 Å². The number of benzene rings is 6. The van der Waals surface area contributed by atoms with Gasteiger partial charge in [0.1, 0.15) is 0 Å². The lowest BCUT2D eigenvalue weighted by atomic mass is 10.0. The molecule has 0 N–H and O–H groups in total. The Bertz CT molecular complexity index is 2420. The van der Waals surface area contributed by atoms with Crippen LogP contribution in [0.1, 0.15) is 0 Å². The van der Waals surface area contributed by atoms with Gasteiger partial charge in [-0.05, 0) is 12.1 Å². The van der Waals surface area contributed by atoms with Gasteiger partial charge in [0.15, 0.2) is 5.82 Å². The van der Waals surface area contributed by atoms with E-state index in [1.54, 1.807) is 0 Å². The van der Waals surface area contributed by atoms with E-state index in [1.165, 1.54) is 36.5 Å². The number of hydrogen-bond acceptors (Lipinski definition) is 3. The summed E-state index contributed by atoms with van der Waals surface area (Å²) >= 11 is 1.86. The van der Waals surface area contributed by atoms with Crippen LogP contribution in [0.5, 0.6) is 0 Å². The van der Waals surface area contributed by atoms with Gasteiger partial charge in [-0.1, -0.05) is 140 Å². The van der Waals surface area contributed by atoms with Gasteiger partial charge in [-0.2, -0.15) is 0 Å². The molecule has 6 aromatic carbocycles. The Hall–Kier alpha value is -5.58. The van der Waals surface area contributed by atoms with Crippen molar-refractivity contribution in [3.63, 3.8) is 0 Å². The van der Waals surface area contributed by atoms with E-state index in [2.05, 4.69) is 138 Å². The zero-order valence-electron chi connectivity index (χ0n) is 23.7. The topological polar surface area (TPSA) is 30.7 Å². The second-order valence-electron chi connectivity index (χ2n) is 11.0. The van der Waals surface area contributed by atoms with Crippen LogP contribution in [0.25, 0.3) is 81.6 Å². The fraction of sp³-hybridized carbons (Fsp3) is 0. The molecule has 4 heteroatoms. The SMILES string of the molecule is c1ccc(-c2nc(-c3ccccc3)c(-n3c4ccccc4c4ccc5c6ccccc6sc5c43)c(-c3ccccc3)n2)cc1. The van der Waals surface area contributed by atoms with Crippen LogP contribution in [-0.2, 0) is 0 Å². The monoisotopic (exact) mass is 579 g/mol. The summed E-state index contributed by atoms with van der Waals surface area (Å²) < 4.78 is 4.99. The summed E-state index contributed by atoms with van der Waals surface area (Å²) in [7, 11) is 0. The third kappa shape index (κ3) is 3.82. The molecule has 9 aromatic rings. The van der Waals surface area contributed by atoms with Crippen LogP contribution in [0, 0.1) is 0 Å².